The molecule has 0 N–H and O–H groups in total. The predicted molar refractivity (Wildman–Crippen MR) is 108 cm³/mol. The van der Waals surface area contributed by atoms with Crippen LogP contribution in [-0.4, -0.2) is 55.9 Å². The number of nitrogens with zero attached hydrogens (tertiary/aromatic N) is 7. The Labute approximate surface area is 163 Å². The molecule has 2 aromatic heterocycles. The van der Waals surface area contributed by atoms with E-state index in [1.165, 1.54) is 16.8 Å². The highest BCUT2D eigenvalue weighted by Gasteiger charge is 2.18. The second-order valence-corrected chi connectivity index (χ2v) is 7.26. The zero-order chi connectivity index (χ0) is 18.8. The predicted octanol–water partition coefficient (Wildman–Crippen LogP) is 2.59. The number of pyridine rings is 1. The third kappa shape index (κ3) is 3.77. The molecule has 8 heteroatoms. The molecule has 0 spiro atoms. The van der Waals surface area contributed by atoms with E-state index in [4.69, 9.17) is 12.2 Å². The van der Waals surface area contributed by atoms with Crippen molar-refractivity contribution in [3.63, 3.8) is 0 Å². The number of benzene rings is 1. The van der Waals surface area contributed by atoms with Crippen molar-refractivity contribution in [1.82, 2.24) is 29.7 Å². The second kappa shape index (κ2) is 7.58. The monoisotopic (exact) mass is 381 g/mol. The minimum Gasteiger partial charge on any atom is -0.369 e. The Morgan fingerprint density at radius 1 is 0.889 bits per heavy atom. The summed E-state index contributed by atoms with van der Waals surface area (Å²) in [5.74, 6) is 0. The molecule has 7 nitrogen and oxygen atoms in total. The summed E-state index contributed by atoms with van der Waals surface area (Å²) in [6, 6.07) is 10.3. The lowest BCUT2D eigenvalue weighted by Gasteiger charge is -2.35. The minimum atomic E-state index is 0.620. The fraction of sp³-hybridized carbons (Fsp3) is 0.368. The lowest BCUT2D eigenvalue weighted by atomic mass is 10.1. The van der Waals surface area contributed by atoms with Gasteiger partial charge < -0.3 is 4.90 Å². The molecule has 0 amide bonds. The Balaban J connectivity index is 1.43. The largest absolute Gasteiger partial charge is 0.369 e. The van der Waals surface area contributed by atoms with Gasteiger partial charge in [0.05, 0.1) is 12.4 Å². The normalized spacial score (nSPS) is 15.3. The van der Waals surface area contributed by atoms with Crippen molar-refractivity contribution in [2.75, 3.05) is 31.1 Å². The summed E-state index contributed by atoms with van der Waals surface area (Å²) in [4.78, 5) is 8.82. The lowest BCUT2D eigenvalue weighted by molar-refractivity contribution is 0.193. The van der Waals surface area contributed by atoms with E-state index in [0.29, 0.717) is 11.4 Å². The van der Waals surface area contributed by atoms with Crippen molar-refractivity contribution in [2.24, 2.45) is 0 Å². The van der Waals surface area contributed by atoms with Crippen molar-refractivity contribution < 1.29 is 0 Å². The van der Waals surface area contributed by atoms with Gasteiger partial charge in [-0.05, 0) is 71.9 Å². The molecule has 3 heterocycles. The summed E-state index contributed by atoms with van der Waals surface area (Å²) in [6.07, 6.45) is 3.68. The number of piperazine rings is 1. The molecule has 1 aliphatic rings. The molecule has 27 heavy (non-hydrogen) atoms. The van der Waals surface area contributed by atoms with E-state index in [1.807, 2.05) is 18.5 Å². The van der Waals surface area contributed by atoms with Gasteiger partial charge >= 0.3 is 0 Å². The Morgan fingerprint density at radius 3 is 2.33 bits per heavy atom. The summed E-state index contributed by atoms with van der Waals surface area (Å²) in [5, 5.41) is 8.54. The van der Waals surface area contributed by atoms with E-state index >= 15 is 0 Å². The fourth-order valence-corrected chi connectivity index (χ4v) is 3.51. The van der Waals surface area contributed by atoms with Gasteiger partial charge in [-0.2, -0.15) is 4.68 Å². The van der Waals surface area contributed by atoms with Gasteiger partial charge in [-0.3, -0.25) is 9.88 Å². The van der Waals surface area contributed by atoms with Gasteiger partial charge in [0.15, 0.2) is 0 Å². The molecule has 1 aromatic carbocycles. The average molecular weight is 382 g/mol. The maximum atomic E-state index is 5.61. The number of aromatic nitrogens is 5. The van der Waals surface area contributed by atoms with Crippen LogP contribution in [0.3, 0.4) is 0 Å². The van der Waals surface area contributed by atoms with Crippen LogP contribution in [0.5, 0.6) is 0 Å². The lowest BCUT2D eigenvalue weighted by Crippen LogP contribution is -2.47. The highest BCUT2D eigenvalue weighted by Crippen LogP contribution is 2.16. The van der Waals surface area contributed by atoms with Crippen LogP contribution in [0, 0.1) is 18.6 Å². The van der Waals surface area contributed by atoms with E-state index in [-0.39, 0.29) is 0 Å². The third-order valence-electron chi connectivity index (χ3n) is 5.11. The van der Waals surface area contributed by atoms with Crippen LogP contribution in [0.1, 0.15) is 11.1 Å². The van der Waals surface area contributed by atoms with Crippen molar-refractivity contribution in [3.8, 4) is 5.69 Å². The first-order valence-electron chi connectivity index (χ1n) is 9.09. The molecule has 0 bridgehead atoms. The fourth-order valence-electron chi connectivity index (χ4n) is 3.27. The molecule has 0 unspecified atom stereocenters. The molecular weight excluding hydrogens is 358 g/mol. The first-order valence-corrected chi connectivity index (χ1v) is 9.50. The summed E-state index contributed by atoms with van der Waals surface area (Å²) in [6.45, 7) is 8.72. The number of aryl methyl sites for hydroxylation is 2. The van der Waals surface area contributed by atoms with Gasteiger partial charge in [0.25, 0.3) is 0 Å². The Hall–Kier alpha value is -2.58. The van der Waals surface area contributed by atoms with Crippen LogP contribution in [0.25, 0.3) is 5.69 Å². The number of hydrogen-bond donors (Lipinski definition) is 0. The molecule has 0 radical (unpaired) electrons. The quantitative estimate of drug-likeness (QED) is 0.648. The molecule has 0 saturated carbocycles. The maximum Gasteiger partial charge on any atom is 0.221 e. The van der Waals surface area contributed by atoms with Crippen molar-refractivity contribution >= 4 is 17.9 Å². The number of anilines is 1. The molecule has 4 rings (SSSR count). The Morgan fingerprint density at radius 2 is 1.63 bits per heavy atom. The third-order valence-corrected chi connectivity index (χ3v) is 5.49. The van der Waals surface area contributed by atoms with Crippen LogP contribution in [0.2, 0.25) is 0 Å². The van der Waals surface area contributed by atoms with E-state index < -0.39 is 0 Å². The van der Waals surface area contributed by atoms with Gasteiger partial charge in [0.2, 0.25) is 4.77 Å². The number of hydrogen-bond acceptors (Lipinski definition) is 6. The summed E-state index contributed by atoms with van der Waals surface area (Å²) >= 11 is 5.61. The van der Waals surface area contributed by atoms with E-state index in [1.54, 1.807) is 9.36 Å². The second-order valence-electron chi connectivity index (χ2n) is 6.89. The zero-order valence-electron chi connectivity index (χ0n) is 15.6. The van der Waals surface area contributed by atoms with Gasteiger partial charge in [-0.15, -0.1) is 0 Å². The molecule has 3 aromatic rings. The van der Waals surface area contributed by atoms with Crippen LogP contribution >= 0.6 is 12.2 Å². The molecule has 1 fully saturated rings. The number of tetrazole rings is 1. The Bertz CT molecular complexity index is 971. The average Bonchev–Trinajstić information content (AvgIpc) is 3.06. The van der Waals surface area contributed by atoms with Crippen molar-refractivity contribution in [3.05, 3.63) is 58.6 Å². The molecule has 0 aliphatic carbocycles. The maximum absolute atomic E-state index is 5.61. The smallest absolute Gasteiger partial charge is 0.221 e. The van der Waals surface area contributed by atoms with Gasteiger partial charge in [0, 0.05) is 44.3 Å². The molecular formula is C19H23N7S. The van der Waals surface area contributed by atoms with Crippen molar-refractivity contribution in [2.45, 2.75) is 20.5 Å². The van der Waals surface area contributed by atoms with Crippen LogP contribution in [-0.2, 0) is 6.67 Å². The minimum absolute atomic E-state index is 0.620. The molecule has 140 valence electrons. The highest BCUT2D eigenvalue weighted by molar-refractivity contribution is 7.71. The van der Waals surface area contributed by atoms with Gasteiger partial charge in [-0.1, -0.05) is 6.07 Å². The van der Waals surface area contributed by atoms with Gasteiger partial charge in [-0.25, -0.2) is 4.68 Å². The topological polar surface area (TPSA) is 55.0 Å². The molecule has 1 saturated heterocycles. The van der Waals surface area contributed by atoms with Gasteiger partial charge in [0.1, 0.15) is 0 Å². The highest BCUT2D eigenvalue weighted by atomic mass is 32.1. The summed E-state index contributed by atoms with van der Waals surface area (Å²) in [5.41, 5.74) is 4.65. The SMILES string of the molecule is Cc1ccc(-n2nnn(CN3CCN(c4ccncc4)CC3)c2=S)cc1C. The zero-order valence-corrected chi connectivity index (χ0v) is 16.4. The first-order chi connectivity index (χ1) is 13.1. The molecule has 1 aliphatic heterocycles. The first kappa shape index (κ1) is 17.8. The number of rotatable bonds is 4. The standard InChI is InChI=1S/C19H23N7S/c1-15-3-4-18(13-16(15)2)26-19(27)25(21-22-26)14-23-9-11-24(12-10-23)17-5-7-20-8-6-17/h3-8,13H,9-12,14H2,1-2H3. The Kier molecular flexibility index (Phi) is 5.00. The molecule has 0 atom stereocenters. The van der Waals surface area contributed by atoms with E-state index in [2.05, 4.69) is 63.3 Å². The van der Waals surface area contributed by atoms with Crippen molar-refractivity contribution in [1.29, 1.82) is 0 Å². The van der Waals surface area contributed by atoms with Crippen LogP contribution in [0.4, 0.5) is 5.69 Å². The van der Waals surface area contributed by atoms with Crippen LogP contribution < -0.4 is 4.90 Å². The van der Waals surface area contributed by atoms with E-state index in [9.17, 15) is 0 Å². The van der Waals surface area contributed by atoms with Crippen LogP contribution in [0.15, 0.2) is 42.7 Å². The van der Waals surface area contributed by atoms with E-state index in [0.717, 1.165) is 31.9 Å². The summed E-state index contributed by atoms with van der Waals surface area (Å²) in [7, 11) is 0. The summed E-state index contributed by atoms with van der Waals surface area (Å²) < 4.78 is 4.15.